The molecule has 1 heterocycles. The second-order valence-electron chi connectivity index (χ2n) is 7.00. The molecule has 0 spiro atoms. The van der Waals surface area contributed by atoms with Gasteiger partial charge in [0.15, 0.2) is 0 Å². The van der Waals surface area contributed by atoms with Crippen molar-refractivity contribution in [2.24, 2.45) is 5.92 Å². The fourth-order valence-electron chi connectivity index (χ4n) is 3.23. The standard InChI is InChI=1S/C20H30N2O5S/c1-13(2)10-16(19(24)21-8-9-25-3)22-18(23)12-28-20(22)15-11-14(26-4)6-7-17(15)27-5/h6-7,11,13,16,20H,8-10,12H2,1-5H3,(H,21,24)/t16-,20+/m1/s1. The summed E-state index contributed by atoms with van der Waals surface area (Å²) in [6.07, 6.45) is 0.577. The molecule has 2 atom stereocenters. The van der Waals surface area contributed by atoms with Crippen LogP contribution in [0.2, 0.25) is 0 Å². The number of hydrogen-bond donors (Lipinski definition) is 1. The van der Waals surface area contributed by atoms with Crippen LogP contribution in [-0.4, -0.2) is 63.0 Å². The molecule has 0 aromatic heterocycles. The predicted molar refractivity (Wildman–Crippen MR) is 110 cm³/mol. The van der Waals surface area contributed by atoms with E-state index in [1.807, 2.05) is 32.0 Å². The van der Waals surface area contributed by atoms with Crippen LogP contribution >= 0.6 is 11.8 Å². The lowest BCUT2D eigenvalue weighted by Crippen LogP contribution is -2.49. The molecule has 2 rings (SSSR count). The van der Waals surface area contributed by atoms with Gasteiger partial charge < -0.3 is 24.4 Å². The van der Waals surface area contributed by atoms with Gasteiger partial charge in [-0.05, 0) is 30.5 Å². The highest BCUT2D eigenvalue weighted by atomic mass is 32.2. The van der Waals surface area contributed by atoms with E-state index >= 15 is 0 Å². The maximum absolute atomic E-state index is 12.9. The number of hydrogen-bond acceptors (Lipinski definition) is 6. The van der Waals surface area contributed by atoms with Gasteiger partial charge in [-0.1, -0.05) is 13.8 Å². The van der Waals surface area contributed by atoms with Crippen LogP contribution in [0.25, 0.3) is 0 Å². The van der Waals surface area contributed by atoms with Gasteiger partial charge in [0.25, 0.3) is 0 Å². The minimum absolute atomic E-state index is 0.0487. The van der Waals surface area contributed by atoms with E-state index < -0.39 is 6.04 Å². The van der Waals surface area contributed by atoms with Crippen molar-refractivity contribution in [2.75, 3.05) is 40.2 Å². The molecule has 1 N–H and O–H groups in total. The summed E-state index contributed by atoms with van der Waals surface area (Å²) >= 11 is 1.50. The molecule has 0 bridgehead atoms. The zero-order valence-electron chi connectivity index (χ0n) is 17.2. The molecule has 0 aliphatic carbocycles. The van der Waals surface area contributed by atoms with Crippen LogP contribution < -0.4 is 14.8 Å². The van der Waals surface area contributed by atoms with Crippen molar-refractivity contribution in [3.05, 3.63) is 23.8 Å². The van der Waals surface area contributed by atoms with Crippen LogP contribution in [0.4, 0.5) is 0 Å². The molecular formula is C20H30N2O5S. The van der Waals surface area contributed by atoms with Crippen molar-refractivity contribution in [3.8, 4) is 11.5 Å². The third-order valence-electron chi connectivity index (χ3n) is 4.55. The summed E-state index contributed by atoms with van der Waals surface area (Å²) in [6.45, 7) is 4.93. The molecule has 0 saturated carbocycles. The summed E-state index contributed by atoms with van der Waals surface area (Å²) in [5.41, 5.74) is 0.830. The Balaban J connectivity index is 2.37. The van der Waals surface area contributed by atoms with E-state index in [2.05, 4.69) is 5.32 Å². The van der Waals surface area contributed by atoms with E-state index in [1.165, 1.54) is 11.8 Å². The molecule has 8 heteroatoms. The first-order valence-corrected chi connectivity index (χ1v) is 10.4. The first-order chi connectivity index (χ1) is 13.4. The number of carbonyl (C=O) groups excluding carboxylic acids is 2. The van der Waals surface area contributed by atoms with Crippen LogP contribution in [-0.2, 0) is 14.3 Å². The van der Waals surface area contributed by atoms with E-state index in [9.17, 15) is 9.59 Å². The maximum atomic E-state index is 12.9. The molecule has 2 amide bonds. The average Bonchev–Trinajstić information content (AvgIpc) is 3.06. The van der Waals surface area contributed by atoms with Crippen LogP contribution in [0.15, 0.2) is 18.2 Å². The maximum Gasteiger partial charge on any atom is 0.242 e. The number of thioether (sulfide) groups is 1. The molecule has 1 aromatic rings. The Bertz CT molecular complexity index is 683. The quantitative estimate of drug-likeness (QED) is 0.597. The molecule has 1 aliphatic rings. The van der Waals surface area contributed by atoms with Gasteiger partial charge in [0.1, 0.15) is 22.9 Å². The Labute approximate surface area is 171 Å². The number of ether oxygens (including phenoxy) is 3. The molecular weight excluding hydrogens is 380 g/mol. The molecule has 1 aromatic carbocycles. The van der Waals surface area contributed by atoms with Crippen LogP contribution in [0, 0.1) is 5.92 Å². The summed E-state index contributed by atoms with van der Waals surface area (Å²) in [6, 6.07) is 4.96. The third kappa shape index (κ3) is 5.32. The Morgan fingerprint density at radius 2 is 2.04 bits per heavy atom. The molecule has 156 valence electrons. The lowest BCUT2D eigenvalue weighted by Gasteiger charge is -2.33. The van der Waals surface area contributed by atoms with Crippen molar-refractivity contribution in [1.82, 2.24) is 10.2 Å². The predicted octanol–water partition coefficient (Wildman–Crippen LogP) is 2.46. The third-order valence-corrected chi connectivity index (χ3v) is 5.76. The summed E-state index contributed by atoms with van der Waals surface area (Å²) in [5, 5.41) is 2.58. The fraction of sp³-hybridized carbons (Fsp3) is 0.600. The topological polar surface area (TPSA) is 77.1 Å². The normalized spacial score (nSPS) is 17.7. The lowest BCUT2D eigenvalue weighted by molar-refractivity contribution is -0.139. The van der Waals surface area contributed by atoms with Crippen LogP contribution in [0.3, 0.4) is 0 Å². The Morgan fingerprint density at radius 3 is 2.64 bits per heavy atom. The highest BCUT2D eigenvalue weighted by molar-refractivity contribution is 8.00. The number of rotatable bonds is 10. The zero-order chi connectivity index (χ0) is 20.7. The number of amides is 2. The summed E-state index contributed by atoms with van der Waals surface area (Å²) < 4.78 is 15.9. The molecule has 1 fully saturated rings. The van der Waals surface area contributed by atoms with E-state index in [0.29, 0.717) is 36.8 Å². The van der Waals surface area contributed by atoms with Crippen molar-refractivity contribution in [2.45, 2.75) is 31.7 Å². The van der Waals surface area contributed by atoms with Gasteiger partial charge in [-0.2, -0.15) is 0 Å². The van der Waals surface area contributed by atoms with Gasteiger partial charge in [0.2, 0.25) is 11.8 Å². The molecule has 0 radical (unpaired) electrons. The number of nitrogens with one attached hydrogen (secondary N) is 1. The number of methoxy groups -OCH3 is 3. The fourth-order valence-corrected chi connectivity index (χ4v) is 4.47. The Kier molecular flexibility index (Phi) is 8.44. The average molecular weight is 411 g/mol. The van der Waals surface area contributed by atoms with Crippen molar-refractivity contribution < 1.29 is 23.8 Å². The van der Waals surface area contributed by atoms with E-state index in [1.54, 1.807) is 26.2 Å². The second kappa shape index (κ2) is 10.6. The number of carbonyl (C=O) groups is 2. The first-order valence-electron chi connectivity index (χ1n) is 9.34. The van der Waals surface area contributed by atoms with Crippen LogP contribution in [0.1, 0.15) is 31.2 Å². The van der Waals surface area contributed by atoms with Gasteiger partial charge in [0.05, 0.1) is 26.6 Å². The van der Waals surface area contributed by atoms with Gasteiger partial charge in [-0.15, -0.1) is 11.8 Å². The Hall–Kier alpha value is -1.93. The highest BCUT2D eigenvalue weighted by Gasteiger charge is 2.42. The van der Waals surface area contributed by atoms with Gasteiger partial charge in [0, 0.05) is 19.2 Å². The van der Waals surface area contributed by atoms with Crippen molar-refractivity contribution in [3.63, 3.8) is 0 Å². The van der Waals surface area contributed by atoms with E-state index in [4.69, 9.17) is 14.2 Å². The summed E-state index contributed by atoms with van der Waals surface area (Å²) in [5.74, 6) is 1.72. The minimum atomic E-state index is -0.555. The van der Waals surface area contributed by atoms with Crippen molar-refractivity contribution in [1.29, 1.82) is 0 Å². The van der Waals surface area contributed by atoms with Crippen LogP contribution in [0.5, 0.6) is 11.5 Å². The van der Waals surface area contributed by atoms with Gasteiger partial charge in [-0.3, -0.25) is 9.59 Å². The van der Waals surface area contributed by atoms with Gasteiger partial charge in [-0.25, -0.2) is 0 Å². The zero-order valence-corrected chi connectivity index (χ0v) is 18.0. The molecule has 0 unspecified atom stereocenters. The van der Waals surface area contributed by atoms with E-state index in [0.717, 1.165) is 5.56 Å². The first kappa shape index (κ1) is 22.4. The molecule has 1 saturated heterocycles. The SMILES string of the molecule is COCCNC(=O)[C@@H](CC(C)C)N1C(=O)CS[C@H]1c1cc(OC)ccc1OC. The molecule has 1 aliphatic heterocycles. The largest absolute Gasteiger partial charge is 0.497 e. The van der Waals surface area contributed by atoms with Crippen molar-refractivity contribution >= 4 is 23.6 Å². The lowest BCUT2D eigenvalue weighted by atomic mass is 10.0. The number of nitrogens with zero attached hydrogens (tertiary/aromatic N) is 1. The monoisotopic (exact) mass is 410 g/mol. The summed E-state index contributed by atoms with van der Waals surface area (Å²) in [7, 11) is 4.78. The smallest absolute Gasteiger partial charge is 0.242 e. The Morgan fingerprint density at radius 1 is 1.29 bits per heavy atom. The second-order valence-corrected chi connectivity index (χ2v) is 8.07. The van der Waals surface area contributed by atoms with Gasteiger partial charge >= 0.3 is 0 Å². The number of benzene rings is 1. The molecule has 28 heavy (non-hydrogen) atoms. The minimum Gasteiger partial charge on any atom is -0.497 e. The van der Waals surface area contributed by atoms with E-state index in [-0.39, 0.29) is 23.1 Å². The molecule has 7 nitrogen and oxygen atoms in total. The summed E-state index contributed by atoms with van der Waals surface area (Å²) in [4.78, 5) is 27.4. The highest BCUT2D eigenvalue weighted by Crippen LogP contribution is 2.45.